The maximum absolute atomic E-state index is 12.6. The van der Waals surface area contributed by atoms with Crippen molar-refractivity contribution in [1.29, 1.82) is 0 Å². The first kappa shape index (κ1) is 14.0. The zero-order chi connectivity index (χ0) is 13.8. The summed E-state index contributed by atoms with van der Waals surface area (Å²) in [5, 5.41) is 0. The third-order valence-electron chi connectivity index (χ3n) is 4.14. The van der Waals surface area contributed by atoms with E-state index >= 15 is 0 Å². The van der Waals surface area contributed by atoms with Crippen molar-refractivity contribution in [3.8, 4) is 0 Å². The van der Waals surface area contributed by atoms with Gasteiger partial charge < -0.3 is 9.32 Å². The summed E-state index contributed by atoms with van der Waals surface area (Å²) in [6.07, 6.45) is 3.87. The van der Waals surface area contributed by atoms with Crippen LogP contribution >= 0.6 is 11.8 Å². The average molecular weight is 294 g/mol. The van der Waals surface area contributed by atoms with Crippen molar-refractivity contribution >= 4 is 17.7 Å². The van der Waals surface area contributed by atoms with Crippen LogP contribution in [-0.4, -0.2) is 53.4 Å². The lowest BCUT2D eigenvalue weighted by Crippen LogP contribution is -2.47. The highest BCUT2D eigenvalue weighted by Gasteiger charge is 2.30. The number of piperidine rings is 1. The predicted octanol–water partition coefficient (Wildman–Crippen LogP) is 2.07. The van der Waals surface area contributed by atoms with Gasteiger partial charge in [-0.25, -0.2) is 0 Å². The lowest BCUT2D eigenvalue weighted by molar-refractivity contribution is -0.137. The quantitative estimate of drug-likeness (QED) is 0.855. The van der Waals surface area contributed by atoms with Gasteiger partial charge in [0.1, 0.15) is 5.76 Å². The van der Waals surface area contributed by atoms with E-state index in [4.69, 9.17) is 4.42 Å². The van der Waals surface area contributed by atoms with Gasteiger partial charge in [-0.3, -0.25) is 9.69 Å². The van der Waals surface area contributed by atoms with Gasteiger partial charge in [-0.1, -0.05) is 0 Å². The molecule has 3 heterocycles. The lowest BCUT2D eigenvalue weighted by Gasteiger charge is -2.35. The molecule has 5 heteroatoms. The second-order valence-corrected chi connectivity index (χ2v) is 6.82. The Morgan fingerprint density at radius 3 is 2.95 bits per heavy atom. The normalized spacial score (nSPS) is 24.8. The Morgan fingerprint density at radius 2 is 2.20 bits per heavy atom. The SMILES string of the molecule is O=C([C@H]1CCCN(Cc2ccco2)C1)N1CCSCC1. The summed E-state index contributed by atoms with van der Waals surface area (Å²) in [6, 6.07) is 3.93. The number of rotatable bonds is 3. The third kappa shape index (κ3) is 3.38. The van der Waals surface area contributed by atoms with Crippen molar-refractivity contribution in [2.75, 3.05) is 37.7 Å². The van der Waals surface area contributed by atoms with E-state index in [0.29, 0.717) is 5.91 Å². The van der Waals surface area contributed by atoms with Crippen molar-refractivity contribution in [3.63, 3.8) is 0 Å². The number of nitrogens with zero attached hydrogens (tertiary/aromatic N) is 2. The maximum Gasteiger partial charge on any atom is 0.227 e. The van der Waals surface area contributed by atoms with Crippen LogP contribution in [0.5, 0.6) is 0 Å². The maximum atomic E-state index is 12.6. The van der Waals surface area contributed by atoms with Crippen LogP contribution in [0.15, 0.2) is 22.8 Å². The lowest BCUT2D eigenvalue weighted by atomic mass is 9.96. The molecule has 1 aromatic heterocycles. The van der Waals surface area contributed by atoms with Crippen LogP contribution in [0.4, 0.5) is 0 Å². The largest absolute Gasteiger partial charge is 0.468 e. The van der Waals surface area contributed by atoms with Gasteiger partial charge in [-0.05, 0) is 31.5 Å². The first-order valence-electron chi connectivity index (χ1n) is 7.44. The average Bonchev–Trinajstić information content (AvgIpc) is 3.01. The van der Waals surface area contributed by atoms with E-state index < -0.39 is 0 Å². The van der Waals surface area contributed by atoms with Crippen LogP contribution in [0.2, 0.25) is 0 Å². The molecule has 0 saturated carbocycles. The summed E-state index contributed by atoms with van der Waals surface area (Å²) in [5.74, 6) is 3.73. The molecule has 2 fully saturated rings. The molecular weight excluding hydrogens is 272 g/mol. The number of carbonyl (C=O) groups excluding carboxylic acids is 1. The van der Waals surface area contributed by atoms with Crippen molar-refractivity contribution in [2.45, 2.75) is 19.4 Å². The Kier molecular flexibility index (Phi) is 4.68. The minimum absolute atomic E-state index is 0.182. The Balaban J connectivity index is 1.55. The fourth-order valence-corrected chi connectivity index (χ4v) is 3.97. The fourth-order valence-electron chi connectivity index (χ4n) is 3.07. The van der Waals surface area contributed by atoms with Crippen LogP contribution < -0.4 is 0 Å². The molecule has 0 aliphatic carbocycles. The molecule has 20 heavy (non-hydrogen) atoms. The molecule has 0 aromatic carbocycles. The summed E-state index contributed by atoms with van der Waals surface area (Å²) < 4.78 is 5.41. The number of amides is 1. The van der Waals surface area contributed by atoms with Gasteiger partial charge in [-0.15, -0.1) is 0 Å². The molecular formula is C15H22N2O2S. The first-order chi connectivity index (χ1) is 9.83. The number of thioether (sulfide) groups is 1. The Hall–Kier alpha value is -0.940. The number of likely N-dealkylation sites (tertiary alicyclic amines) is 1. The van der Waals surface area contributed by atoms with Gasteiger partial charge in [0.05, 0.1) is 18.7 Å². The molecule has 0 spiro atoms. The Bertz CT molecular complexity index is 429. The monoisotopic (exact) mass is 294 g/mol. The molecule has 3 rings (SSSR count). The number of hydrogen-bond donors (Lipinski definition) is 0. The topological polar surface area (TPSA) is 36.7 Å². The van der Waals surface area contributed by atoms with Gasteiger partial charge in [0.15, 0.2) is 0 Å². The zero-order valence-corrected chi connectivity index (χ0v) is 12.6. The van der Waals surface area contributed by atoms with Crippen LogP contribution in [0, 0.1) is 5.92 Å². The number of hydrogen-bond acceptors (Lipinski definition) is 4. The minimum Gasteiger partial charge on any atom is -0.468 e. The summed E-state index contributed by atoms with van der Waals surface area (Å²) in [7, 11) is 0. The molecule has 0 bridgehead atoms. The van der Waals surface area contributed by atoms with Crippen LogP contribution in [0.3, 0.4) is 0 Å². The summed E-state index contributed by atoms with van der Waals surface area (Å²) in [5.41, 5.74) is 0. The van der Waals surface area contributed by atoms with Gasteiger partial charge in [0.25, 0.3) is 0 Å². The van der Waals surface area contributed by atoms with Crippen molar-refractivity contribution < 1.29 is 9.21 Å². The van der Waals surface area contributed by atoms with E-state index in [-0.39, 0.29) is 5.92 Å². The Labute approximate surface area is 124 Å². The second kappa shape index (κ2) is 6.68. The summed E-state index contributed by atoms with van der Waals surface area (Å²) in [6.45, 7) is 4.63. The molecule has 0 unspecified atom stereocenters. The van der Waals surface area contributed by atoms with Gasteiger partial charge in [0, 0.05) is 31.1 Å². The number of furan rings is 1. The third-order valence-corrected chi connectivity index (χ3v) is 5.08. The van der Waals surface area contributed by atoms with E-state index in [9.17, 15) is 4.79 Å². The molecule has 2 aliphatic rings. The molecule has 0 radical (unpaired) electrons. The molecule has 1 atom stereocenters. The van der Waals surface area contributed by atoms with Crippen LogP contribution in [-0.2, 0) is 11.3 Å². The first-order valence-corrected chi connectivity index (χ1v) is 8.59. The molecule has 1 amide bonds. The summed E-state index contributed by atoms with van der Waals surface area (Å²) >= 11 is 1.95. The van der Waals surface area contributed by atoms with E-state index in [1.165, 1.54) is 0 Å². The van der Waals surface area contributed by atoms with Gasteiger partial charge in [0.2, 0.25) is 5.91 Å². The standard InChI is InChI=1S/C15H22N2O2S/c18-15(17-6-9-20-10-7-17)13-3-1-5-16(11-13)12-14-4-2-8-19-14/h2,4,8,13H,1,3,5-7,9-12H2/t13-/m0/s1. The van der Waals surface area contributed by atoms with E-state index in [0.717, 1.165) is 62.8 Å². The highest BCUT2D eigenvalue weighted by atomic mass is 32.2. The highest BCUT2D eigenvalue weighted by molar-refractivity contribution is 7.99. The van der Waals surface area contributed by atoms with E-state index in [2.05, 4.69) is 9.80 Å². The molecule has 1 aromatic rings. The minimum atomic E-state index is 0.182. The molecule has 110 valence electrons. The second-order valence-electron chi connectivity index (χ2n) is 5.59. The van der Waals surface area contributed by atoms with Crippen molar-refractivity contribution in [2.24, 2.45) is 5.92 Å². The van der Waals surface area contributed by atoms with Crippen molar-refractivity contribution in [1.82, 2.24) is 9.80 Å². The number of carbonyl (C=O) groups is 1. The molecule has 0 N–H and O–H groups in total. The zero-order valence-electron chi connectivity index (χ0n) is 11.8. The summed E-state index contributed by atoms with van der Waals surface area (Å²) in [4.78, 5) is 17.0. The van der Waals surface area contributed by atoms with Crippen molar-refractivity contribution in [3.05, 3.63) is 24.2 Å². The molecule has 4 nitrogen and oxygen atoms in total. The smallest absolute Gasteiger partial charge is 0.227 e. The van der Waals surface area contributed by atoms with Crippen LogP contribution in [0.1, 0.15) is 18.6 Å². The molecule has 2 saturated heterocycles. The van der Waals surface area contributed by atoms with E-state index in [1.54, 1.807) is 6.26 Å². The highest BCUT2D eigenvalue weighted by Crippen LogP contribution is 2.22. The molecule has 2 aliphatic heterocycles. The van der Waals surface area contributed by atoms with Gasteiger partial charge >= 0.3 is 0 Å². The predicted molar refractivity (Wildman–Crippen MR) is 80.6 cm³/mol. The van der Waals surface area contributed by atoms with E-state index in [1.807, 2.05) is 23.9 Å². The Morgan fingerprint density at radius 1 is 1.35 bits per heavy atom. The van der Waals surface area contributed by atoms with Crippen LogP contribution in [0.25, 0.3) is 0 Å². The van der Waals surface area contributed by atoms with Gasteiger partial charge in [-0.2, -0.15) is 11.8 Å². The fraction of sp³-hybridized carbons (Fsp3) is 0.667.